The number of hydrogen-bond acceptors (Lipinski definition) is 2. The predicted octanol–water partition coefficient (Wildman–Crippen LogP) is 2.05. The van der Waals surface area contributed by atoms with E-state index in [2.05, 4.69) is 9.47 Å². The van der Waals surface area contributed by atoms with Gasteiger partial charge in [0, 0.05) is 17.6 Å². The molecule has 0 spiro atoms. The molecule has 0 saturated carbocycles. The normalized spacial score (nSPS) is 10.5. The van der Waals surface area contributed by atoms with E-state index >= 15 is 0 Å². The van der Waals surface area contributed by atoms with E-state index in [1.54, 1.807) is 0 Å². The number of methoxy groups -OCH3 is 2. The summed E-state index contributed by atoms with van der Waals surface area (Å²) in [7, 11) is 3.01. The number of ether oxygens (including phenoxy) is 2. The van der Waals surface area contributed by atoms with Crippen LogP contribution < -0.4 is 20.4 Å². The molecule has 115 valence electrons. The summed E-state index contributed by atoms with van der Waals surface area (Å²) in [5, 5.41) is 0. The highest BCUT2D eigenvalue weighted by Gasteiger charge is 2.22. The molecule has 0 heterocycles. The van der Waals surface area contributed by atoms with E-state index in [1.807, 2.05) is 0 Å². The molecule has 2 rings (SSSR count). The molecule has 0 bridgehead atoms. The van der Waals surface area contributed by atoms with Crippen LogP contribution in [-0.2, 0) is 0 Å². The third kappa shape index (κ3) is 2.86. The van der Waals surface area contributed by atoms with Crippen LogP contribution in [0.3, 0.4) is 0 Å². The highest BCUT2D eigenvalue weighted by atomic mass is 19.2. The molecule has 0 aliphatic heterocycles. The summed E-state index contributed by atoms with van der Waals surface area (Å²) in [5.41, 5.74) is -0.951. The van der Waals surface area contributed by atoms with Crippen LogP contribution in [0.5, 0.6) is 11.5 Å². The molecule has 2 nitrogen and oxygen atoms in total. The van der Waals surface area contributed by atoms with Crippen LogP contribution in [0.1, 0.15) is 0 Å². The predicted molar refractivity (Wildman–Crippen MR) is 70.8 cm³/mol. The van der Waals surface area contributed by atoms with Crippen LogP contribution in [0.2, 0.25) is 0 Å². The SMILES string of the molecule is COc1cc([B]c2c(F)c(F)cc(F)c2OC)c(F)cc1F. The second-order valence-electron chi connectivity index (χ2n) is 4.25. The van der Waals surface area contributed by atoms with E-state index in [4.69, 9.17) is 0 Å². The number of halogens is 5. The standard InChI is InChI=1S/C14H9BF5O2/c1-21-11-3-6(7(16)4-8(11)17)15-12-13(20)9(18)5-10(19)14(12)22-2/h3-5H,1-2H3. The Morgan fingerprint density at radius 2 is 1.41 bits per heavy atom. The largest absolute Gasteiger partial charge is 0.494 e. The lowest BCUT2D eigenvalue weighted by Gasteiger charge is -2.12. The van der Waals surface area contributed by atoms with Crippen LogP contribution in [-0.4, -0.2) is 21.5 Å². The van der Waals surface area contributed by atoms with Gasteiger partial charge < -0.3 is 9.47 Å². The van der Waals surface area contributed by atoms with Crippen molar-refractivity contribution in [2.24, 2.45) is 0 Å². The fraction of sp³-hybridized carbons (Fsp3) is 0.143. The molecule has 2 aromatic rings. The van der Waals surface area contributed by atoms with Gasteiger partial charge in [0.15, 0.2) is 34.8 Å². The molecule has 0 N–H and O–H groups in total. The average Bonchev–Trinajstić information content (AvgIpc) is 2.47. The highest BCUT2D eigenvalue weighted by molar-refractivity contribution is 6.68. The van der Waals surface area contributed by atoms with Crippen molar-refractivity contribution in [3.63, 3.8) is 0 Å². The summed E-state index contributed by atoms with van der Waals surface area (Å²) < 4.78 is 77.1. The molecule has 0 amide bonds. The Labute approximate surface area is 123 Å². The lowest BCUT2D eigenvalue weighted by atomic mass is 9.63. The van der Waals surface area contributed by atoms with Crippen molar-refractivity contribution in [3.8, 4) is 11.5 Å². The van der Waals surface area contributed by atoms with Gasteiger partial charge in [0.05, 0.1) is 14.2 Å². The van der Waals surface area contributed by atoms with Crippen molar-refractivity contribution in [2.75, 3.05) is 14.2 Å². The first-order chi connectivity index (χ1) is 10.4. The Morgan fingerprint density at radius 3 is 2.00 bits per heavy atom. The topological polar surface area (TPSA) is 18.5 Å². The van der Waals surface area contributed by atoms with E-state index in [0.717, 1.165) is 27.6 Å². The zero-order valence-corrected chi connectivity index (χ0v) is 11.5. The second kappa shape index (κ2) is 6.25. The molecule has 0 atom stereocenters. The Hall–Kier alpha value is -2.25. The van der Waals surface area contributed by atoms with Gasteiger partial charge in [-0.2, -0.15) is 0 Å². The molecule has 0 fully saturated rings. The fourth-order valence-electron chi connectivity index (χ4n) is 1.90. The number of rotatable bonds is 4. The second-order valence-corrected chi connectivity index (χ2v) is 4.25. The quantitative estimate of drug-likeness (QED) is 0.488. The van der Waals surface area contributed by atoms with Crippen LogP contribution in [0, 0.1) is 29.1 Å². The summed E-state index contributed by atoms with van der Waals surface area (Å²) in [5.74, 6) is -6.94. The maximum Gasteiger partial charge on any atom is 0.204 e. The van der Waals surface area contributed by atoms with Crippen molar-refractivity contribution < 1.29 is 31.4 Å². The third-order valence-corrected chi connectivity index (χ3v) is 2.94. The molecule has 0 unspecified atom stereocenters. The third-order valence-electron chi connectivity index (χ3n) is 2.94. The zero-order valence-electron chi connectivity index (χ0n) is 11.5. The maximum absolute atomic E-state index is 13.8. The molecule has 2 aromatic carbocycles. The van der Waals surface area contributed by atoms with E-state index in [0.29, 0.717) is 12.1 Å². The van der Waals surface area contributed by atoms with E-state index in [1.165, 1.54) is 0 Å². The van der Waals surface area contributed by atoms with E-state index < -0.39 is 40.3 Å². The van der Waals surface area contributed by atoms with Crippen molar-refractivity contribution in [1.29, 1.82) is 0 Å². The Kier molecular flexibility index (Phi) is 4.58. The van der Waals surface area contributed by atoms with Crippen LogP contribution in [0.25, 0.3) is 0 Å². The summed E-state index contributed by atoms with van der Waals surface area (Å²) in [6.07, 6.45) is 0. The van der Waals surface area contributed by atoms with Gasteiger partial charge >= 0.3 is 0 Å². The molecule has 22 heavy (non-hydrogen) atoms. The first-order valence-electron chi connectivity index (χ1n) is 5.98. The van der Waals surface area contributed by atoms with Gasteiger partial charge in [0.2, 0.25) is 7.28 Å². The average molecular weight is 315 g/mol. The Morgan fingerprint density at radius 1 is 0.773 bits per heavy atom. The Balaban J connectivity index is 2.56. The minimum atomic E-state index is -1.46. The van der Waals surface area contributed by atoms with Gasteiger partial charge in [-0.15, -0.1) is 0 Å². The molecule has 1 radical (unpaired) electrons. The van der Waals surface area contributed by atoms with Crippen LogP contribution in [0.4, 0.5) is 22.0 Å². The molecule has 0 aromatic heterocycles. The smallest absolute Gasteiger partial charge is 0.204 e. The van der Waals surface area contributed by atoms with Gasteiger partial charge in [-0.3, -0.25) is 0 Å². The first kappa shape index (κ1) is 16.1. The molecule has 0 aliphatic carbocycles. The zero-order chi connectivity index (χ0) is 16.4. The number of benzene rings is 2. The summed E-state index contributed by atoms with van der Waals surface area (Å²) >= 11 is 0. The van der Waals surface area contributed by atoms with E-state index in [9.17, 15) is 22.0 Å². The molecule has 8 heteroatoms. The minimum absolute atomic E-state index is 0.302. The summed E-state index contributed by atoms with van der Waals surface area (Å²) in [6.45, 7) is 0. The summed E-state index contributed by atoms with van der Waals surface area (Å²) in [4.78, 5) is 0. The van der Waals surface area contributed by atoms with Crippen molar-refractivity contribution in [1.82, 2.24) is 0 Å². The monoisotopic (exact) mass is 315 g/mol. The van der Waals surface area contributed by atoms with Crippen molar-refractivity contribution >= 4 is 18.2 Å². The van der Waals surface area contributed by atoms with Crippen molar-refractivity contribution in [3.05, 3.63) is 47.3 Å². The van der Waals surface area contributed by atoms with Gasteiger partial charge in [-0.1, -0.05) is 0 Å². The molecule has 0 aliphatic rings. The highest BCUT2D eigenvalue weighted by Crippen LogP contribution is 2.19. The Bertz CT molecular complexity index is 721. The number of hydrogen-bond donors (Lipinski definition) is 0. The molecular weight excluding hydrogens is 306 g/mol. The first-order valence-corrected chi connectivity index (χ1v) is 5.98. The lowest BCUT2D eigenvalue weighted by molar-refractivity contribution is 0.381. The van der Waals surface area contributed by atoms with Gasteiger partial charge in [0.1, 0.15) is 5.82 Å². The molecular formula is C14H9BF5O2. The van der Waals surface area contributed by atoms with Crippen molar-refractivity contribution in [2.45, 2.75) is 0 Å². The lowest BCUT2D eigenvalue weighted by Crippen LogP contribution is -2.34. The van der Waals surface area contributed by atoms with Gasteiger partial charge in [-0.25, -0.2) is 22.0 Å². The van der Waals surface area contributed by atoms with Gasteiger partial charge in [0.25, 0.3) is 0 Å². The minimum Gasteiger partial charge on any atom is -0.494 e. The molecule has 0 saturated heterocycles. The summed E-state index contributed by atoms with van der Waals surface area (Å²) in [6, 6.07) is 1.77. The van der Waals surface area contributed by atoms with Gasteiger partial charge in [-0.05, 0) is 11.5 Å². The van der Waals surface area contributed by atoms with Crippen LogP contribution in [0.15, 0.2) is 18.2 Å². The van der Waals surface area contributed by atoms with Crippen LogP contribution >= 0.6 is 0 Å². The maximum atomic E-state index is 13.8. The fourth-order valence-corrected chi connectivity index (χ4v) is 1.90. The van der Waals surface area contributed by atoms with E-state index in [-0.39, 0.29) is 11.2 Å².